The maximum atomic E-state index is 12.8. The molecule has 0 radical (unpaired) electrons. The molecule has 1 N–H and O–H groups in total. The van der Waals surface area contributed by atoms with Gasteiger partial charge in [0.1, 0.15) is 12.6 Å². The van der Waals surface area contributed by atoms with E-state index >= 15 is 0 Å². The largest absolute Gasteiger partial charge is 0.480 e. The van der Waals surface area contributed by atoms with Gasteiger partial charge in [-0.1, -0.05) is 0 Å². The van der Waals surface area contributed by atoms with Crippen molar-refractivity contribution in [1.29, 1.82) is 0 Å². The van der Waals surface area contributed by atoms with Crippen LogP contribution in [0.1, 0.15) is 46.0 Å². The molecular weight excluding hydrogens is 326 g/mol. The Labute approximate surface area is 147 Å². The maximum absolute atomic E-state index is 12.8. The lowest BCUT2D eigenvalue weighted by Crippen LogP contribution is -2.48. The Morgan fingerprint density at radius 3 is 2.28 bits per heavy atom. The predicted molar refractivity (Wildman–Crippen MR) is 89.7 cm³/mol. The number of amides is 3. The van der Waals surface area contributed by atoms with E-state index in [4.69, 9.17) is 5.11 Å². The fraction of sp³-hybridized carbons (Fsp3) is 0.765. The summed E-state index contributed by atoms with van der Waals surface area (Å²) >= 11 is 0. The molecule has 8 heteroatoms. The Morgan fingerprint density at radius 2 is 1.68 bits per heavy atom. The zero-order valence-electron chi connectivity index (χ0n) is 14.9. The fourth-order valence-corrected chi connectivity index (χ4v) is 3.87. The fourth-order valence-electron chi connectivity index (χ4n) is 3.87. The minimum absolute atomic E-state index is 0.0269. The van der Waals surface area contributed by atoms with Crippen molar-refractivity contribution in [3.05, 3.63) is 0 Å². The van der Waals surface area contributed by atoms with Crippen LogP contribution in [0.25, 0.3) is 0 Å². The van der Waals surface area contributed by atoms with Gasteiger partial charge in [-0.15, -0.1) is 0 Å². The average molecular weight is 353 g/mol. The second kappa shape index (κ2) is 8.31. The Morgan fingerprint density at radius 1 is 1.00 bits per heavy atom. The summed E-state index contributed by atoms with van der Waals surface area (Å²) in [7, 11) is 0. The van der Waals surface area contributed by atoms with Crippen LogP contribution in [0, 0.1) is 0 Å². The summed E-state index contributed by atoms with van der Waals surface area (Å²) in [6.07, 6.45) is 3.48. The third kappa shape index (κ3) is 4.70. The highest BCUT2D eigenvalue weighted by Gasteiger charge is 2.36. The number of carbonyl (C=O) groups is 4. The minimum Gasteiger partial charge on any atom is -0.480 e. The van der Waals surface area contributed by atoms with E-state index in [1.165, 1.54) is 18.7 Å². The molecule has 0 saturated carbocycles. The van der Waals surface area contributed by atoms with Crippen molar-refractivity contribution in [1.82, 2.24) is 14.7 Å². The Balaban J connectivity index is 2.00. The van der Waals surface area contributed by atoms with Gasteiger partial charge < -0.3 is 19.8 Å². The summed E-state index contributed by atoms with van der Waals surface area (Å²) in [5.74, 6) is -1.39. The quantitative estimate of drug-likeness (QED) is 0.784. The minimum atomic E-state index is -1.03. The lowest BCUT2D eigenvalue weighted by Gasteiger charge is -2.30. The van der Waals surface area contributed by atoms with Crippen LogP contribution in [0.4, 0.5) is 0 Å². The van der Waals surface area contributed by atoms with Crippen LogP contribution >= 0.6 is 0 Å². The van der Waals surface area contributed by atoms with Crippen LogP contribution < -0.4 is 0 Å². The first-order valence-electron chi connectivity index (χ1n) is 8.86. The third-order valence-corrected chi connectivity index (χ3v) is 5.10. The molecule has 0 aromatic rings. The topological polar surface area (TPSA) is 98.2 Å². The second-order valence-corrected chi connectivity index (χ2v) is 6.82. The van der Waals surface area contributed by atoms with E-state index in [1.807, 2.05) is 0 Å². The van der Waals surface area contributed by atoms with Gasteiger partial charge in [0.15, 0.2) is 0 Å². The first-order valence-corrected chi connectivity index (χ1v) is 8.86. The van der Waals surface area contributed by atoms with Gasteiger partial charge in [-0.25, -0.2) is 0 Å². The van der Waals surface area contributed by atoms with E-state index in [-0.39, 0.29) is 36.3 Å². The summed E-state index contributed by atoms with van der Waals surface area (Å²) in [6, 6.07) is -0.545. The third-order valence-electron chi connectivity index (χ3n) is 5.10. The molecule has 2 fully saturated rings. The van der Waals surface area contributed by atoms with Crippen LogP contribution in [-0.4, -0.2) is 81.8 Å². The number of rotatable bonds is 4. The predicted octanol–water partition coefficient (Wildman–Crippen LogP) is 0.312. The standard InChI is InChI=1S/C17H27N3O5/c1-12(21)19-9-4-6-15(19)17(25)18-8-3-5-14(7-10-18)20(13(2)22)11-16(23)24/h14-15H,3-11H2,1-2H3,(H,23,24). The number of hydrogen-bond acceptors (Lipinski definition) is 4. The van der Waals surface area contributed by atoms with E-state index in [9.17, 15) is 19.2 Å². The molecule has 2 unspecified atom stereocenters. The molecule has 3 amide bonds. The van der Waals surface area contributed by atoms with Crippen LogP contribution in [0.15, 0.2) is 0 Å². The number of hydrogen-bond donors (Lipinski definition) is 1. The summed E-state index contributed by atoms with van der Waals surface area (Å²) in [5.41, 5.74) is 0. The average Bonchev–Trinajstić information content (AvgIpc) is 2.90. The van der Waals surface area contributed by atoms with Crippen LogP contribution in [0.5, 0.6) is 0 Å². The van der Waals surface area contributed by atoms with Gasteiger partial charge in [0.2, 0.25) is 17.7 Å². The molecule has 0 spiro atoms. The van der Waals surface area contributed by atoms with Gasteiger partial charge in [-0.3, -0.25) is 19.2 Å². The number of carboxylic acid groups (broad SMARTS) is 1. The highest BCUT2D eigenvalue weighted by atomic mass is 16.4. The molecule has 0 aromatic heterocycles. The summed E-state index contributed by atoms with van der Waals surface area (Å²) in [6.45, 7) is 4.24. The van der Waals surface area contributed by atoms with Crippen molar-refractivity contribution >= 4 is 23.7 Å². The number of nitrogens with zero attached hydrogens (tertiary/aromatic N) is 3. The molecule has 2 rings (SSSR count). The van der Waals surface area contributed by atoms with Gasteiger partial charge in [-0.05, 0) is 32.1 Å². The Bertz CT molecular complexity index is 550. The number of aliphatic carboxylic acids is 1. The van der Waals surface area contributed by atoms with Gasteiger partial charge in [0, 0.05) is 39.5 Å². The van der Waals surface area contributed by atoms with Gasteiger partial charge in [-0.2, -0.15) is 0 Å². The monoisotopic (exact) mass is 353 g/mol. The Kier molecular flexibility index (Phi) is 6.39. The molecule has 0 bridgehead atoms. The van der Waals surface area contributed by atoms with Crippen molar-refractivity contribution in [2.75, 3.05) is 26.2 Å². The lowest BCUT2D eigenvalue weighted by atomic mass is 10.1. The van der Waals surface area contributed by atoms with E-state index < -0.39 is 5.97 Å². The SMILES string of the molecule is CC(=O)N(CC(=O)O)C1CCCN(C(=O)C2CCCN2C(C)=O)CC1. The summed E-state index contributed by atoms with van der Waals surface area (Å²) in [5, 5.41) is 9.00. The molecule has 0 aromatic carbocycles. The van der Waals surface area contributed by atoms with Crippen molar-refractivity contribution in [3.63, 3.8) is 0 Å². The number of carbonyl (C=O) groups excluding carboxylic acids is 3. The van der Waals surface area contributed by atoms with Gasteiger partial charge >= 0.3 is 5.97 Å². The highest BCUT2D eigenvalue weighted by Crippen LogP contribution is 2.23. The van der Waals surface area contributed by atoms with Crippen molar-refractivity contribution < 1.29 is 24.3 Å². The van der Waals surface area contributed by atoms with Crippen molar-refractivity contribution in [2.45, 2.75) is 58.0 Å². The normalized spacial score (nSPS) is 23.9. The van der Waals surface area contributed by atoms with E-state index in [2.05, 4.69) is 0 Å². The smallest absolute Gasteiger partial charge is 0.323 e. The first kappa shape index (κ1) is 19.2. The molecule has 2 atom stereocenters. The van der Waals surface area contributed by atoms with Gasteiger partial charge in [0.05, 0.1) is 0 Å². The molecule has 140 valence electrons. The zero-order valence-corrected chi connectivity index (χ0v) is 14.9. The molecular formula is C17H27N3O5. The lowest BCUT2D eigenvalue weighted by molar-refractivity contribution is -0.145. The van der Waals surface area contributed by atoms with E-state index in [1.54, 1.807) is 9.80 Å². The summed E-state index contributed by atoms with van der Waals surface area (Å²) < 4.78 is 0. The van der Waals surface area contributed by atoms with Crippen LogP contribution in [-0.2, 0) is 19.2 Å². The van der Waals surface area contributed by atoms with E-state index in [0.29, 0.717) is 45.3 Å². The molecule has 0 aliphatic carbocycles. The molecule has 2 aliphatic heterocycles. The molecule has 2 aliphatic rings. The Hall–Kier alpha value is -2.12. The van der Waals surface area contributed by atoms with Crippen molar-refractivity contribution in [3.8, 4) is 0 Å². The highest BCUT2D eigenvalue weighted by molar-refractivity contribution is 5.87. The molecule has 2 saturated heterocycles. The number of likely N-dealkylation sites (tertiary alicyclic amines) is 2. The second-order valence-electron chi connectivity index (χ2n) is 6.82. The molecule has 2 heterocycles. The number of carboxylic acids is 1. The summed E-state index contributed by atoms with van der Waals surface area (Å²) in [4.78, 5) is 52.1. The first-order chi connectivity index (χ1) is 11.8. The van der Waals surface area contributed by atoms with Crippen LogP contribution in [0.3, 0.4) is 0 Å². The van der Waals surface area contributed by atoms with Crippen molar-refractivity contribution in [2.24, 2.45) is 0 Å². The molecule has 25 heavy (non-hydrogen) atoms. The van der Waals surface area contributed by atoms with Crippen LogP contribution in [0.2, 0.25) is 0 Å². The molecule has 8 nitrogen and oxygen atoms in total. The van der Waals surface area contributed by atoms with E-state index in [0.717, 1.165) is 6.42 Å². The zero-order chi connectivity index (χ0) is 18.6. The maximum Gasteiger partial charge on any atom is 0.323 e. The van der Waals surface area contributed by atoms with Gasteiger partial charge in [0.25, 0.3) is 0 Å².